The van der Waals surface area contributed by atoms with Gasteiger partial charge in [0, 0.05) is 6.61 Å². The van der Waals surface area contributed by atoms with Crippen LogP contribution in [0.4, 0.5) is 0 Å². The number of hydrogen-bond donors (Lipinski definition) is 0. The molecule has 0 radical (unpaired) electrons. The lowest BCUT2D eigenvalue weighted by Gasteiger charge is -2.37. The van der Waals surface area contributed by atoms with Gasteiger partial charge in [-0.15, -0.1) is 0 Å². The van der Waals surface area contributed by atoms with Crippen LogP contribution in [-0.4, -0.2) is 13.2 Å². The Bertz CT molecular complexity index is 328. The molecule has 0 spiro atoms. The molecule has 0 saturated heterocycles. The van der Waals surface area contributed by atoms with E-state index in [1.54, 1.807) is 0 Å². The first-order chi connectivity index (χ1) is 10.8. The van der Waals surface area contributed by atoms with Crippen molar-refractivity contribution in [3.05, 3.63) is 24.3 Å². The second-order valence-electron chi connectivity index (χ2n) is 7.40. The SMILES string of the molecule is C/C=C\COCC1CCC(C2CCC(/C=C/CC)CC2)CC1. The van der Waals surface area contributed by atoms with E-state index in [0.717, 1.165) is 36.9 Å². The van der Waals surface area contributed by atoms with Crippen molar-refractivity contribution in [2.45, 2.75) is 71.6 Å². The number of rotatable bonds is 7. The topological polar surface area (TPSA) is 9.23 Å². The molecule has 0 N–H and O–H groups in total. The van der Waals surface area contributed by atoms with Crippen LogP contribution in [0.2, 0.25) is 0 Å². The first kappa shape index (κ1) is 17.8. The highest BCUT2D eigenvalue weighted by atomic mass is 16.5. The maximum atomic E-state index is 5.75. The van der Waals surface area contributed by atoms with Crippen molar-refractivity contribution < 1.29 is 4.74 Å². The maximum absolute atomic E-state index is 5.75. The highest BCUT2D eigenvalue weighted by molar-refractivity contribution is 4.92. The molecule has 0 unspecified atom stereocenters. The molecule has 0 amide bonds. The second kappa shape index (κ2) is 10.3. The van der Waals surface area contributed by atoms with E-state index < -0.39 is 0 Å². The smallest absolute Gasteiger partial charge is 0.0647 e. The molecule has 2 rings (SSSR count). The van der Waals surface area contributed by atoms with Crippen LogP contribution in [0, 0.1) is 23.7 Å². The van der Waals surface area contributed by atoms with Gasteiger partial charge in [-0.05, 0) is 88.4 Å². The Morgan fingerprint density at radius 3 is 2.09 bits per heavy atom. The Morgan fingerprint density at radius 1 is 0.864 bits per heavy atom. The van der Waals surface area contributed by atoms with Crippen LogP contribution in [0.3, 0.4) is 0 Å². The summed E-state index contributed by atoms with van der Waals surface area (Å²) in [5.74, 6) is 3.75. The van der Waals surface area contributed by atoms with Gasteiger partial charge < -0.3 is 4.74 Å². The predicted octanol–water partition coefficient (Wildman–Crippen LogP) is 6.16. The van der Waals surface area contributed by atoms with Crippen LogP contribution in [0.1, 0.15) is 71.6 Å². The fourth-order valence-electron chi connectivity index (χ4n) is 4.36. The summed E-state index contributed by atoms with van der Waals surface area (Å²) in [5, 5.41) is 0. The number of allylic oxidation sites excluding steroid dienone is 3. The van der Waals surface area contributed by atoms with Crippen LogP contribution in [0.5, 0.6) is 0 Å². The van der Waals surface area contributed by atoms with Gasteiger partial charge >= 0.3 is 0 Å². The van der Waals surface area contributed by atoms with Gasteiger partial charge in [0.05, 0.1) is 6.61 Å². The van der Waals surface area contributed by atoms with E-state index >= 15 is 0 Å². The minimum absolute atomic E-state index is 0.797. The van der Waals surface area contributed by atoms with Crippen molar-refractivity contribution in [1.29, 1.82) is 0 Å². The second-order valence-corrected chi connectivity index (χ2v) is 7.40. The molecule has 0 aliphatic heterocycles. The van der Waals surface area contributed by atoms with Gasteiger partial charge in [0.15, 0.2) is 0 Å². The Labute approximate surface area is 138 Å². The minimum Gasteiger partial charge on any atom is -0.377 e. The van der Waals surface area contributed by atoms with Crippen LogP contribution >= 0.6 is 0 Å². The molecular weight excluding hydrogens is 268 g/mol. The van der Waals surface area contributed by atoms with E-state index in [0.29, 0.717) is 0 Å². The molecule has 1 heteroatoms. The van der Waals surface area contributed by atoms with Gasteiger partial charge in [0.25, 0.3) is 0 Å². The first-order valence-electron chi connectivity index (χ1n) is 9.69. The van der Waals surface area contributed by atoms with Gasteiger partial charge in [-0.3, -0.25) is 0 Å². The third-order valence-electron chi connectivity index (χ3n) is 5.82. The average molecular weight is 305 g/mol. The van der Waals surface area contributed by atoms with E-state index in [2.05, 4.69) is 38.2 Å². The lowest BCUT2D eigenvalue weighted by Crippen LogP contribution is -2.26. The van der Waals surface area contributed by atoms with Crippen molar-refractivity contribution >= 4 is 0 Å². The third-order valence-corrected chi connectivity index (χ3v) is 5.82. The molecule has 0 aromatic carbocycles. The molecule has 0 bridgehead atoms. The summed E-state index contributed by atoms with van der Waals surface area (Å²) in [7, 11) is 0. The molecule has 22 heavy (non-hydrogen) atoms. The molecule has 0 heterocycles. The van der Waals surface area contributed by atoms with Crippen molar-refractivity contribution in [3.63, 3.8) is 0 Å². The van der Waals surface area contributed by atoms with Gasteiger partial charge in [0.1, 0.15) is 0 Å². The standard InChI is InChI=1S/C21H36O/c1-3-5-7-18-8-12-20(13-9-18)21-14-10-19(11-15-21)17-22-16-6-4-2/h4-7,18-21H,3,8-17H2,1-2H3/b6-4-,7-5+. The molecule has 2 fully saturated rings. The molecule has 1 nitrogen and oxygen atoms in total. The summed E-state index contributed by atoms with van der Waals surface area (Å²) in [6, 6.07) is 0. The molecule has 2 aliphatic rings. The Kier molecular flexibility index (Phi) is 8.30. The lowest BCUT2D eigenvalue weighted by atomic mass is 9.69. The molecule has 0 aromatic rings. The Balaban J connectivity index is 1.62. The van der Waals surface area contributed by atoms with Gasteiger partial charge in [-0.1, -0.05) is 31.2 Å². The van der Waals surface area contributed by atoms with E-state index in [-0.39, 0.29) is 0 Å². The number of ether oxygens (including phenoxy) is 1. The molecule has 126 valence electrons. The van der Waals surface area contributed by atoms with E-state index in [1.807, 2.05) is 0 Å². The van der Waals surface area contributed by atoms with Gasteiger partial charge in [-0.2, -0.15) is 0 Å². The zero-order valence-electron chi connectivity index (χ0n) is 14.8. The highest BCUT2D eigenvalue weighted by Crippen LogP contribution is 2.41. The van der Waals surface area contributed by atoms with Crippen molar-refractivity contribution in [2.75, 3.05) is 13.2 Å². The highest BCUT2D eigenvalue weighted by Gasteiger charge is 2.30. The normalized spacial score (nSPS) is 33.7. The Morgan fingerprint density at radius 2 is 1.50 bits per heavy atom. The summed E-state index contributed by atoms with van der Waals surface area (Å²) in [5.41, 5.74) is 0. The molecule has 2 aliphatic carbocycles. The largest absolute Gasteiger partial charge is 0.377 e. The zero-order valence-corrected chi connectivity index (χ0v) is 14.8. The van der Waals surface area contributed by atoms with Gasteiger partial charge in [-0.25, -0.2) is 0 Å². The fraction of sp³-hybridized carbons (Fsp3) is 0.810. The quantitative estimate of drug-likeness (QED) is 0.404. The van der Waals surface area contributed by atoms with E-state index in [9.17, 15) is 0 Å². The Hall–Kier alpha value is -0.560. The maximum Gasteiger partial charge on any atom is 0.0647 e. The third kappa shape index (κ3) is 5.91. The monoisotopic (exact) mass is 304 g/mol. The van der Waals surface area contributed by atoms with Crippen molar-refractivity contribution in [1.82, 2.24) is 0 Å². The zero-order chi connectivity index (χ0) is 15.6. The van der Waals surface area contributed by atoms with Crippen LogP contribution < -0.4 is 0 Å². The fourth-order valence-corrected chi connectivity index (χ4v) is 4.36. The summed E-state index contributed by atoms with van der Waals surface area (Å²) in [6.07, 6.45) is 21.8. The predicted molar refractivity (Wildman–Crippen MR) is 96.0 cm³/mol. The lowest BCUT2D eigenvalue weighted by molar-refractivity contribution is 0.0799. The van der Waals surface area contributed by atoms with Crippen molar-refractivity contribution in [3.8, 4) is 0 Å². The molecular formula is C21H36O. The first-order valence-corrected chi connectivity index (χ1v) is 9.69. The van der Waals surface area contributed by atoms with E-state index in [1.165, 1.54) is 57.8 Å². The van der Waals surface area contributed by atoms with Crippen LogP contribution in [0.15, 0.2) is 24.3 Å². The molecule has 0 aromatic heterocycles. The van der Waals surface area contributed by atoms with E-state index in [4.69, 9.17) is 4.74 Å². The van der Waals surface area contributed by atoms with Crippen molar-refractivity contribution in [2.24, 2.45) is 23.7 Å². The van der Waals surface area contributed by atoms with Crippen LogP contribution in [0.25, 0.3) is 0 Å². The average Bonchev–Trinajstić information content (AvgIpc) is 2.58. The van der Waals surface area contributed by atoms with Gasteiger partial charge in [0.2, 0.25) is 0 Å². The minimum atomic E-state index is 0.797. The van der Waals surface area contributed by atoms with Crippen LogP contribution in [-0.2, 0) is 4.74 Å². The summed E-state index contributed by atoms with van der Waals surface area (Å²) in [6.45, 7) is 6.07. The summed E-state index contributed by atoms with van der Waals surface area (Å²) >= 11 is 0. The summed E-state index contributed by atoms with van der Waals surface area (Å²) < 4.78 is 5.75. The number of hydrogen-bond acceptors (Lipinski definition) is 1. The summed E-state index contributed by atoms with van der Waals surface area (Å²) in [4.78, 5) is 0. The molecule has 0 atom stereocenters. The molecule has 2 saturated carbocycles.